The minimum atomic E-state index is -1.01. The molecule has 1 atom stereocenters. The van der Waals surface area contributed by atoms with Crippen molar-refractivity contribution >= 4 is 39.3 Å². The van der Waals surface area contributed by atoms with Crippen molar-refractivity contribution in [2.24, 2.45) is 0 Å². The lowest BCUT2D eigenvalue weighted by atomic mass is 9.89. The molecule has 0 fully saturated rings. The van der Waals surface area contributed by atoms with Gasteiger partial charge in [0.2, 0.25) is 0 Å². The quantitative estimate of drug-likeness (QED) is 0.562. The number of rotatable bonds is 5. The summed E-state index contributed by atoms with van der Waals surface area (Å²) in [4.78, 5) is 13.1. The van der Waals surface area contributed by atoms with E-state index < -0.39 is 5.54 Å². The zero-order valence-corrected chi connectivity index (χ0v) is 16.9. The zero-order valence-electron chi connectivity index (χ0n) is 15.3. The van der Waals surface area contributed by atoms with Crippen molar-refractivity contribution in [3.05, 3.63) is 94.5 Å². The number of amides is 1. The highest BCUT2D eigenvalue weighted by molar-refractivity contribution is 9.10. The molecule has 0 radical (unpaired) electrons. The third-order valence-electron chi connectivity index (χ3n) is 4.81. The van der Waals surface area contributed by atoms with E-state index in [4.69, 9.17) is 4.74 Å². The highest BCUT2D eigenvalue weighted by atomic mass is 79.9. The Labute approximate surface area is 172 Å². The normalized spacial score (nSPS) is 18.0. The average Bonchev–Trinajstić information content (AvgIpc) is 3.00. The molecule has 1 aliphatic heterocycles. The standard InChI is InChI=1S/C23H19BrN2O2/c1-28-17-12-10-16(11-13-17)14-15-23(26-21-9-5-3-7-19(21)24)18-6-2-4-8-20(18)25-22(23)27/h2-15,26H,1H3,(H,25,27)/b15-14+. The van der Waals surface area contributed by atoms with Crippen LogP contribution in [0.25, 0.3) is 6.08 Å². The Balaban J connectivity index is 1.79. The fourth-order valence-electron chi connectivity index (χ4n) is 3.32. The van der Waals surface area contributed by atoms with Crippen LogP contribution in [0.4, 0.5) is 11.4 Å². The van der Waals surface area contributed by atoms with E-state index >= 15 is 0 Å². The Hall–Kier alpha value is -3.05. The van der Waals surface area contributed by atoms with Crippen LogP contribution >= 0.6 is 15.9 Å². The number of halogens is 1. The van der Waals surface area contributed by atoms with E-state index in [-0.39, 0.29) is 5.91 Å². The van der Waals surface area contributed by atoms with Crippen LogP contribution in [0.1, 0.15) is 11.1 Å². The van der Waals surface area contributed by atoms with Gasteiger partial charge < -0.3 is 15.4 Å². The minimum absolute atomic E-state index is 0.116. The van der Waals surface area contributed by atoms with Gasteiger partial charge in [-0.1, -0.05) is 48.5 Å². The SMILES string of the molecule is COc1ccc(/C=C/C2(Nc3ccccc3Br)C(=O)Nc3ccccc32)cc1. The number of carbonyl (C=O) groups excluding carboxylic acids is 1. The maximum absolute atomic E-state index is 13.1. The summed E-state index contributed by atoms with van der Waals surface area (Å²) < 4.78 is 6.11. The molecule has 1 amide bonds. The predicted molar refractivity (Wildman–Crippen MR) is 117 cm³/mol. The van der Waals surface area contributed by atoms with E-state index in [0.29, 0.717) is 0 Å². The highest BCUT2D eigenvalue weighted by Gasteiger charge is 2.45. The number of anilines is 2. The van der Waals surface area contributed by atoms with Crippen LogP contribution in [0.3, 0.4) is 0 Å². The monoisotopic (exact) mass is 434 g/mol. The molecule has 28 heavy (non-hydrogen) atoms. The van der Waals surface area contributed by atoms with E-state index in [2.05, 4.69) is 26.6 Å². The van der Waals surface area contributed by atoms with Crippen molar-refractivity contribution in [1.82, 2.24) is 0 Å². The summed E-state index contributed by atoms with van der Waals surface area (Å²) in [7, 11) is 1.64. The number of ether oxygens (including phenoxy) is 1. The smallest absolute Gasteiger partial charge is 0.258 e. The number of para-hydroxylation sites is 2. The molecule has 4 nitrogen and oxygen atoms in total. The topological polar surface area (TPSA) is 50.4 Å². The van der Waals surface area contributed by atoms with Gasteiger partial charge in [-0.05, 0) is 57.9 Å². The number of methoxy groups -OCH3 is 1. The highest BCUT2D eigenvalue weighted by Crippen LogP contribution is 2.41. The van der Waals surface area contributed by atoms with Crippen molar-refractivity contribution in [3.8, 4) is 5.75 Å². The molecule has 1 aliphatic rings. The lowest BCUT2D eigenvalue weighted by Gasteiger charge is -2.27. The van der Waals surface area contributed by atoms with Gasteiger partial charge in [0, 0.05) is 21.4 Å². The lowest BCUT2D eigenvalue weighted by molar-refractivity contribution is -0.118. The van der Waals surface area contributed by atoms with Gasteiger partial charge in [0.25, 0.3) is 5.91 Å². The van der Waals surface area contributed by atoms with E-state index in [1.807, 2.05) is 84.9 Å². The van der Waals surface area contributed by atoms with Crippen LogP contribution in [0, 0.1) is 0 Å². The first-order valence-corrected chi connectivity index (χ1v) is 9.69. The molecule has 1 unspecified atom stereocenters. The summed E-state index contributed by atoms with van der Waals surface area (Å²) in [6.45, 7) is 0. The van der Waals surface area contributed by atoms with Gasteiger partial charge in [0.05, 0.1) is 7.11 Å². The molecule has 0 aromatic heterocycles. The lowest BCUT2D eigenvalue weighted by Crippen LogP contribution is -2.40. The Morgan fingerprint density at radius 1 is 1.00 bits per heavy atom. The second-order valence-corrected chi connectivity index (χ2v) is 7.37. The number of nitrogens with one attached hydrogen (secondary N) is 2. The van der Waals surface area contributed by atoms with Crippen LogP contribution in [-0.2, 0) is 10.3 Å². The zero-order chi connectivity index (χ0) is 19.6. The fourth-order valence-corrected chi connectivity index (χ4v) is 3.71. The van der Waals surface area contributed by atoms with Crippen LogP contribution in [0.15, 0.2) is 83.3 Å². The van der Waals surface area contributed by atoms with Gasteiger partial charge in [-0.2, -0.15) is 0 Å². The fraction of sp³-hybridized carbons (Fsp3) is 0.0870. The Morgan fingerprint density at radius 2 is 1.71 bits per heavy atom. The molecule has 3 aromatic carbocycles. The number of fused-ring (bicyclic) bond motifs is 1. The molecule has 0 spiro atoms. The van der Waals surface area contributed by atoms with E-state index in [9.17, 15) is 4.79 Å². The summed E-state index contributed by atoms with van der Waals surface area (Å²) in [6, 6.07) is 23.2. The van der Waals surface area contributed by atoms with Crippen molar-refractivity contribution in [3.63, 3.8) is 0 Å². The van der Waals surface area contributed by atoms with Crippen molar-refractivity contribution in [2.45, 2.75) is 5.54 Å². The molecular formula is C23H19BrN2O2. The molecule has 140 valence electrons. The summed E-state index contributed by atoms with van der Waals surface area (Å²) in [5.41, 5.74) is 2.51. The third-order valence-corrected chi connectivity index (χ3v) is 5.50. The Morgan fingerprint density at radius 3 is 2.46 bits per heavy atom. The maximum atomic E-state index is 13.1. The molecule has 1 heterocycles. The van der Waals surface area contributed by atoms with Crippen molar-refractivity contribution in [1.29, 1.82) is 0 Å². The van der Waals surface area contributed by atoms with Crippen LogP contribution < -0.4 is 15.4 Å². The molecule has 5 heteroatoms. The minimum Gasteiger partial charge on any atom is -0.497 e. The van der Waals surface area contributed by atoms with Gasteiger partial charge >= 0.3 is 0 Å². The molecule has 4 rings (SSSR count). The second-order valence-electron chi connectivity index (χ2n) is 6.52. The first kappa shape index (κ1) is 18.3. The van der Waals surface area contributed by atoms with Crippen LogP contribution in [0.2, 0.25) is 0 Å². The van der Waals surface area contributed by atoms with E-state index in [0.717, 1.165) is 32.7 Å². The van der Waals surface area contributed by atoms with Crippen LogP contribution in [-0.4, -0.2) is 13.0 Å². The predicted octanol–water partition coefficient (Wildman–Crippen LogP) is 5.43. The molecule has 0 saturated carbocycles. The van der Waals surface area contributed by atoms with Gasteiger partial charge in [0.1, 0.15) is 5.75 Å². The molecule has 0 aliphatic carbocycles. The summed E-state index contributed by atoms with van der Waals surface area (Å²) >= 11 is 3.57. The number of carbonyl (C=O) groups is 1. The average molecular weight is 435 g/mol. The molecule has 3 aromatic rings. The van der Waals surface area contributed by atoms with Gasteiger partial charge in [-0.3, -0.25) is 4.79 Å². The van der Waals surface area contributed by atoms with Crippen LogP contribution in [0.5, 0.6) is 5.75 Å². The number of hydrogen-bond acceptors (Lipinski definition) is 3. The third kappa shape index (κ3) is 3.29. The van der Waals surface area contributed by atoms with Gasteiger partial charge in [0.15, 0.2) is 5.54 Å². The Bertz CT molecular complexity index is 1050. The van der Waals surface area contributed by atoms with E-state index in [1.54, 1.807) is 7.11 Å². The molecule has 0 bridgehead atoms. The second kappa shape index (κ2) is 7.52. The first-order chi connectivity index (χ1) is 13.6. The largest absolute Gasteiger partial charge is 0.497 e. The number of benzene rings is 3. The van der Waals surface area contributed by atoms with Gasteiger partial charge in [-0.25, -0.2) is 0 Å². The van der Waals surface area contributed by atoms with Gasteiger partial charge in [-0.15, -0.1) is 0 Å². The van der Waals surface area contributed by atoms with E-state index in [1.165, 1.54) is 0 Å². The first-order valence-electron chi connectivity index (χ1n) is 8.89. The Kier molecular flexibility index (Phi) is 4.92. The summed E-state index contributed by atoms with van der Waals surface area (Å²) in [5.74, 6) is 0.677. The number of hydrogen-bond donors (Lipinski definition) is 2. The molecule has 0 saturated heterocycles. The maximum Gasteiger partial charge on any atom is 0.258 e. The molecular weight excluding hydrogens is 416 g/mol. The molecule has 2 N–H and O–H groups in total. The van der Waals surface area contributed by atoms with Crippen molar-refractivity contribution < 1.29 is 9.53 Å². The summed E-state index contributed by atoms with van der Waals surface area (Å²) in [5, 5.41) is 6.45. The summed E-state index contributed by atoms with van der Waals surface area (Å²) in [6.07, 6.45) is 3.86. The van der Waals surface area contributed by atoms with Crippen molar-refractivity contribution in [2.75, 3.05) is 17.7 Å².